The Balaban J connectivity index is 2.00. The molecule has 5 nitrogen and oxygen atoms in total. The lowest BCUT2D eigenvalue weighted by Gasteiger charge is -2.13. The van der Waals surface area contributed by atoms with Crippen LogP contribution in [0.1, 0.15) is 11.1 Å². The molecule has 128 valence electrons. The number of nitrogens with one attached hydrogen (secondary N) is 1. The third-order valence-electron chi connectivity index (χ3n) is 3.54. The van der Waals surface area contributed by atoms with Crippen molar-refractivity contribution in [3.63, 3.8) is 0 Å². The second-order valence-electron chi connectivity index (χ2n) is 5.08. The number of hydrogen-bond donors (Lipinski definition) is 1. The highest BCUT2D eigenvalue weighted by molar-refractivity contribution is 5.78. The van der Waals surface area contributed by atoms with Gasteiger partial charge in [-0.05, 0) is 23.8 Å². The maximum atomic E-state index is 13.6. The van der Waals surface area contributed by atoms with Crippen LogP contribution in [0.5, 0.6) is 17.2 Å². The molecule has 0 aromatic heterocycles. The maximum absolute atomic E-state index is 13.6. The van der Waals surface area contributed by atoms with Crippen LogP contribution in [-0.4, -0.2) is 27.2 Å². The van der Waals surface area contributed by atoms with Crippen molar-refractivity contribution in [3.8, 4) is 17.2 Å². The third kappa shape index (κ3) is 4.16. The molecular weight excluding hydrogens is 313 g/mol. The molecule has 2 aromatic rings. The van der Waals surface area contributed by atoms with Crippen molar-refractivity contribution in [3.05, 3.63) is 53.3 Å². The van der Waals surface area contributed by atoms with Crippen molar-refractivity contribution in [1.29, 1.82) is 0 Å². The van der Waals surface area contributed by atoms with Crippen molar-refractivity contribution in [2.24, 2.45) is 0 Å². The van der Waals surface area contributed by atoms with E-state index >= 15 is 0 Å². The van der Waals surface area contributed by atoms with E-state index in [9.17, 15) is 9.18 Å². The van der Waals surface area contributed by atoms with Gasteiger partial charge in [0, 0.05) is 12.1 Å². The van der Waals surface area contributed by atoms with E-state index < -0.39 is 5.82 Å². The smallest absolute Gasteiger partial charge is 0.224 e. The molecule has 1 N–H and O–H groups in total. The Bertz CT molecular complexity index is 718. The van der Waals surface area contributed by atoms with Gasteiger partial charge in [-0.1, -0.05) is 18.2 Å². The molecule has 0 fully saturated rings. The van der Waals surface area contributed by atoms with Crippen LogP contribution in [0.3, 0.4) is 0 Å². The average Bonchev–Trinajstić information content (AvgIpc) is 2.59. The number of halogens is 1. The topological polar surface area (TPSA) is 56.8 Å². The van der Waals surface area contributed by atoms with E-state index in [1.807, 2.05) is 12.1 Å². The van der Waals surface area contributed by atoms with Crippen molar-refractivity contribution >= 4 is 5.91 Å². The van der Waals surface area contributed by atoms with Gasteiger partial charge in [0.1, 0.15) is 0 Å². The van der Waals surface area contributed by atoms with Crippen LogP contribution in [0, 0.1) is 5.82 Å². The first-order valence-electron chi connectivity index (χ1n) is 7.38. The Hall–Kier alpha value is -2.76. The minimum absolute atomic E-state index is 0.0766. The molecule has 0 aliphatic carbocycles. The molecule has 0 spiro atoms. The number of hydrogen-bond acceptors (Lipinski definition) is 4. The number of ether oxygens (including phenoxy) is 3. The first-order valence-corrected chi connectivity index (χ1v) is 7.38. The molecule has 0 atom stereocenters. The number of carbonyl (C=O) groups excluding carboxylic acids is 1. The van der Waals surface area contributed by atoms with Crippen molar-refractivity contribution in [1.82, 2.24) is 5.32 Å². The van der Waals surface area contributed by atoms with Gasteiger partial charge in [0.25, 0.3) is 0 Å². The summed E-state index contributed by atoms with van der Waals surface area (Å²) in [5.41, 5.74) is 1.37. The van der Waals surface area contributed by atoms with Crippen LogP contribution in [0.15, 0.2) is 36.4 Å². The quantitative estimate of drug-likeness (QED) is 0.846. The summed E-state index contributed by atoms with van der Waals surface area (Å²) in [4.78, 5) is 12.1. The zero-order valence-electron chi connectivity index (χ0n) is 13.9. The van der Waals surface area contributed by atoms with Crippen LogP contribution in [0.4, 0.5) is 4.39 Å². The Kier molecular flexibility index (Phi) is 6.01. The SMILES string of the molecule is COc1ccc(CC(=O)NCc2cccc(OC)c2OC)cc1F. The number of rotatable bonds is 7. The molecule has 2 aromatic carbocycles. The lowest BCUT2D eigenvalue weighted by atomic mass is 10.1. The zero-order valence-corrected chi connectivity index (χ0v) is 13.9. The van der Waals surface area contributed by atoms with E-state index in [1.54, 1.807) is 26.4 Å². The van der Waals surface area contributed by atoms with Crippen LogP contribution in [0.2, 0.25) is 0 Å². The molecule has 0 unspecified atom stereocenters. The molecule has 0 heterocycles. The normalized spacial score (nSPS) is 10.2. The second kappa shape index (κ2) is 8.19. The molecule has 0 saturated carbocycles. The van der Waals surface area contributed by atoms with Gasteiger partial charge in [0.05, 0.1) is 27.8 Å². The van der Waals surface area contributed by atoms with Crippen LogP contribution < -0.4 is 19.5 Å². The fourth-order valence-electron chi connectivity index (χ4n) is 2.35. The minimum atomic E-state index is -0.489. The van der Waals surface area contributed by atoms with Crippen molar-refractivity contribution < 1.29 is 23.4 Å². The Morgan fingerprint density at radius 2 is 1.79 bits per heavy atom. The Morgan fingerprint density at radius 3 is 2.42 bits per heavy atom. The van der Waals surface area contributed by atoms with E-state index in [2.05, 4.69) is 5.32 Å². The Labute approximate surface area is 140 Å². The van der Waals surface area contributed by atoms with Gasteiger partial charge in [-0.2, -0.15) is 0 Å². The fraction of sp³-hybridized carbons (Fsp3) is 0.278. The molecule has 0 saturated heterocycles. The van der Waals surface area contributed by atoms with Gasteiger partial charge >= 0.3 is 0 Å². The van der Waals surface area contributed by atoms with Gasteiger partial charge in [-0.3, -0.25) is 4.79 Å². The maximum Gasteiger partial charge on any atom is 0.224 e. The van der Waals surface area contributed by atoms with Crippen LogP contribution >= 0.6 is 0 Å². The van der Waals surface area contributed by atoms with E-state index in [0.717, 1.165) is 5.56 Å². The molecular formula is C18H20FNO4. The largest absolute Gasteiger partial charge is 0.494 e. The molecule has 1 amide bonds. The highest BCUT2D eigenvalue weighted by Crippen LogP contribution is 2.30. The summed E-state index contributed by atoms with van der Waals surface area (Å²) in [5.74, 6) is 0.624. The predicted octanol–water partition coefficient (Wildman–Crippen LogP) is 2.71. The van der Waals surface area contributed by atoms with Crippen LogP contribution in [-0.2, 0) is 17.8 Å². The average molecular weight is 333 g/mol. The highest BCUT2D eigenvalue weighted by Gasteiger charge is 2.11. The molecule has 0 aliphatic rings. The number of carbonyl (C=O) groups is 1. The fourth-order valence-corrected chi connectivity index (χ4v) is 2.35. The first-order chi connectivity index (χ1) is 11.6. The van der Waals surface area contributed by atoms with E-state index in [1.165, 1.54) is 19.2 Å². The number of amides is 1. The van der Waals surface area contributed by atoms with E-state index in [4.69, 9.17) is 14.2 Å². The first kappa shape index (κ1) is 17.6. The van der Waals surface area contributed by atoms with Gasteiger partial charge in [0.15, 0.2) is 23.1 Å². The predicted molar refractivity (Wildman–Crippen MR) is 88.0 cm³/mol. The zero-order chi connectivity index (χ0) is 17.5. The minimum Gasteiger partial charge on any atom is -0.494 e. The monoisotopic (exact) mass is 333 g/mol. The third-order valence-corrected chi connectivity index (χ3v) is 3.54. The lowest BCUT2D eigenvalue weighted by molar-refractivity contribution is -0.120. The van der Waals surface area contributed by atoms with Crippen molar-refractivity contribution in [2.75, 3.05) is 21.3 Å². The Morgan fingerprint density at radius 1 is 1.04 bits per heavy atom. The number of benzene rings is 2. The summed E-state index contributed by atoms with van der Waals surface area (Å²) in [6.07, 6.45) is 0.0766. The molecule has 6 heteroatoms. The standard InChI is InChI=1S/C18H20FNO4/c1-22-15-8-7-12(9-14(15)19)10-17(21)20-11-13-5-4-6-16(23-2)18(13)24-3/h4-9H,10-11H2,1-3H3,(H,20,21). The van der Waals surface area contributed by atoms with Gasteiger partial charge < -0.3 is 19.5 Å². The lowest BCUT2D eigenvalue weighted by Crippen LogP contribution is -2.24. The summed E-state index contributed by atoms with van der Waals surface area (Å²) in [7, 11) is 4.49. The highest BCUT2D eigenvalue weighted by atomic mass is 19.1. The molecule has 2 rings (SSSR count). The van der Waals surface area contributed by atoms with E-state index in [0.29, 0.717) is 17.1 Å². The summed E-state index contributed by atoms with van der Waals surface area (Å²) >= 11 is 0. The van der Waals surface area contributed by atoms with E-state index in [-0.39, 0.29) is 24.6 Å². The second-order valence-corrected chi connectivity index (χ2v) is 5.08. The van der Waals surface area contributed by atoms with Gasteiger partial charge in [-0.25, -0.2) is 4.39 Å². The number of para-hydroxylation sites is 1. The summed E-state index contributed by atoms with van der Waals surface area (Å²) in [6.45, 7) is 0.290. The molecule has 0 aliphatic heterocycles. The van der Waals surface area contributed by atoms with Crippen LogP contribution in [0.25, 0.3) is 0 Å². The van der Waals surface area contributed by atoms with Gasteiger partial charge in [-0.15, -0.1) is 0 Å². The molecule has 0 bridgehead atoms. The molecule has 24 heavy (non-hydrogen) atoms. The molecule has 0 radical (unpaired) electrons. The number of methoxy groups -OCH3 is 3. The van der Waals surface area contributed by atoms with Gasteiger partial charge in [0.2, 0.25) is 5.91 Å². The summed E-state index contributed by atoms with van der Waals surface area (Å²) < 4.78 is 29.0. The summed E-state index contributed by atoms with van der Waals surface area (Å²) in [6, 6.07) is 9.90. The van der Waals surface area contributed by atoms with Crippen molar-refractivity contribution in [2.45, 2.75) is 13.0 Å². The summed E-state index contributed by atoms with van der Waals surface area (Å²) in [5, 5.41) is 2.79.